The summed E-state index contributed by atoms with van der Waals surface area (Å²) in [4.78, 5) is 5.83. The van der Waals surface area contributed by atoms with Gasteiger partial charge in [0.1, 0.15) is 0 Å². The maximum atomic E-state index is 11.3. The molecular formula is C19H21N3O2S2. The van der Waals surface area contributed by atoms with Gasteiger partial charge in [0.05, 0.1) is 18.0 Å². The number of hydrogen-bond donors (Lipinski definition) is 2. The monoisotopic (exact) mass is 387 g/mol. The van der Waals surface area contributed by atoms with Gasteiger partial charge in [0.2, 0.25) is 10.0 Å². The third kappa shape index (κ3) is 4.62. The molecule has 0 amide bonds. The number of anilines is 2. The van der Waals surface area contributed by atoms with Crippen molar-refractivity contribution in [3.05, 3.63) is 65.0 Å². The van der Waals surface area contributed by atoms with Crippen molar-refractivity contribution in [3.8, 4) is 11.3 Å². The van der Waals surface area contributed by atoms with E-state index in [0.717, 1.165) is 27.5 Å². The van der Waals surface area contributed by atoms with Gasteiger partial charge >= 0.3 is 0 Å². The zero-order valence-electron chi connectivity index (χ0n) is 14.9. The van der Waals surface area contributed by atoms with Crippen molar-refractivity contribution in [2.24, 2.45) is 0 Å². The van der Waals surface area contributed by atoms with Gasteiger partial charge in [-0.15, -0.1) is 11.3 Å². The molecule has 2 aromatic carbocycles. The molecule has 0 bridgehead atoms. The van der Waals surface area contributed by atoms with Gasteiger partial charge in [0.15, 0.2) is 5.13 Å². The molecule has 0 aliphatic rings. The van der Waals surface area contributed by atoms with Crippen molar-refractivity contribution in [2.45, 2.75) is 19.9 Å². The molecule has 0 fully saturated rings. The maximum Gasteiger partial charge on any atom is 0.229 e. The van der Waals surface area contributed by atoms with Crippen LogP contribution < -0.4 is 10.0 Å². The van der Waals surface area contributed by atoms with Crippen LogP contribution in [0.3, 0.4) is 0 Å². The molecule has 136 valence electrons. The van der Waals surface area contributed by atoms with E-state index in [-0.39, 0.29) is 6.04 Å². The first kappa shape index (κ1) is 18.4. The van der Waals surface area contributed by atoms with Crippen LogP contribution in [0.2, 0.25) is 0 Å². The van der Waals surface area contributed by atoms with Gasteiger partial charge < -0.3 is 5.32 Å². The zero-order chi connectivity index (χ0) is 18.7. The van der Waals surface area contributed by atoms with E-state index in [9.17, 15) is 8.42 Å². The number of sulfonamides is 1. The molecule has 0 radical (unpaired) electrons. The van der Waals surface area contributed by atoms with Crippen LogP contribution in [0.25, 0.3) is 11.3 Å². The highest BCUT2D eigenvalue weighted by Crippen LogP contribution is 2.32. The number of thiazole rings is 1. The lowest BCUT2D eigenvalue weighted by Crippen LogP contribution is -2.09. The molecule has 1 heterocycles. The van der Waals surface area contributed by atoms with E-state index in [1.54, 1.807) is 23.5 Å². The second-order valence-corrected chi connectivity index (χ2v) is 9.10. The summed E-state index contributed by atoms with van der Waals surface area (Å²) in [7, 11) is -3.27. The van der Waals surface area contributed by atoms with Crippen molar-refractivity contribution in [2.75, 3.05) is 16.3 Å². The van der Waals surface area contributed by atoms with Crippen molar-refractivity contribution in [1.82, 2.24) is 4.98 Å². The SMILES string of the molecule is Cc1sc(NC(C)c2ccccc2)nc1-c1ccc(NS(C)(=O)=O)cc1. The number of hydrogen-bond acceptors (Lipinski definition) is 5. The van der Waals surface area contributed by atoms with E-state index in [1.165, 1.54) is 5.56 Å². The molecule has 1 unspecified atom stereocenters. The van der Waals surface area contributed by atoms with Crippen LogP contribution in [0.4, 0.5) is 10.8 Å². The van der Waals surface area contributed by atoms with E-state index >= 15 is 0 Å². The summed E-state index contributed by atoms with van der Waals surface area (Å²) < 4.78 is 25.1. The lowest BCUT2D eigenvalue weighted by atomic mass is 10.1. The van der Waals surface area contributed by atoms with Crippen molar-refractivity contribution in [3.63, 3.8) is 0 Å². The van der Waals surface area contributed by atoms with Gasteiger partial charge in [-0.1, -0.05) is 42.5 Å². The van der Waals surface area contributed by atoms with Gasteiger partial charge in [-0.2, -0.15) is 0 Å². The van der Waals surface area contributed by atoms with Gasteiger partial charge in [-0.3, -0.25) is 4.72 Å². The van der Waals surface area contributed by atoms with Gasteiger partial charge in [-0.25, -0.2) is 13.4 Å². The van der Waals surface area contributed by atoms with Gasteiger partial charge in [0, 0.05) is 16.1 Å². The first-order valence-corrected chi connectivity index (χ1v) is 10.9. The minimum Gasteiger partial charge on any atom is -0.355 e. The Kier molecular flexibility index (Phi) is 5.29. The highest BCUT2D eigenvalue weighted by molar-refractivity contribution is 7.92. The van der Waals surface area contributed by atoms with Crippen LogP contribution in [0, 0.1) is 6.92 Å². The quantitative estimate of drug-likeness (QED) is 0.645. The second kappa shape index (κ2) is 7.47. The lowest BCUT2D eigenvalue weighted by molar-refractivity contribution is 0.607. The minimum absolute atomic E-state index is 0.163. The number of aromatic nitrogens is 1. The Bertz CT molecular complexity index is 981. The van der Waals surface area contributed by atoms with E-state index in [0.29, 0.717) is 5.69 Å². The standard InChI is InChI=1S/C19H21N3O2S2/c1-13(15-7-5-4-6-8-15)20-19-21-18(14(2)25-19)16-9-11-17(12-10-16)22-26(3,23)24/h4-13,22H,1-3H3,(H,20,21). The van der Waals surface area contributed by atoms with Gasteiger partial charge in [0.25, 0.3) is 0 Å². The Morgan fingerprint density at radius 2 is 1.69 bits per heavy atom. The van der Waals surface area contributed by atoms with Crippen molar-refractivity contribution in [1.29, 1.82) is 0 Å². The molecule has 0 saturated carbocycles. The fourth-order valence-electron chi connectivity index (χ4n) is 2.65. The topological polar surface area (TPSA) is 71.1 Å². The first-order chi connectivity index (χ1) is 12.3. The molecule has 0 aliphatic carbocycles. The summed E-state index contributed by atoms with van der Waals surface area (Å²) in [5.41, 5.74) is 3.61. The molecule has 0 spiro atoms. The third-order valence-corrected chi connectivity index (χ3v) is 5.41. The van der Waals surface area contributed by atoms with Crippen LogP contribution in [-0.4, -0.2) is 19.7 Å². The predicted molar refractivity (Wildman–Crippen MR) is 109 cm³/mol. The maximum absolute atomic E-state index is 11.3. The number of nitrogens with one attached hydrogen (secondary N) is 2. The smallest absolute Gasteiger partial charge is 0.229 e. The van der Waals surface area contributed by atoms with Gasteiger partial charge in [-0.05, 0) is 31.5 Å². The number of benzene rings is 2. The first-order valence-electron chi connectivity index (χ1n) is 8.19. The van der Waals surface area contributed by atoms with Crippen LogP contribution in [0.15, 0.2) is 54.6 Å². The predicted octanol–water partition coefficient (Wildman–Crippen LogP) is 4.66. The largest absolute Gasteiger partial charge is 0.355 e. The van der Waals surface area contributed by atoms with E-state index in [4.69, 9.17) is 4.98 Å². The Morgan fingerprint density at radius 1 is 1.04 bits per heavy atom. The van der Waals surface area contributed by atoms with Crippen LogP contribution in [0.5, 0.6) is 0 Å². The molecule has 0 aliphatic heterocycles. The summed E-state index contributed by atoms with van der Waals surface area (Å²) in [6.07, 6.45) is 1.14. The zero-order valence-corrected chi connectivity index (χ0v) is 16.5. The average molecular weight is 388 g/mol. The van der Waals surface area contributed by atoms with Crippen LogP contribution in [0.1, 0.15) is 23.4 Å². The normalized spacial score (nSPS) is 12.6. The highest BCUT2D eigenvalue weighted by atomic mass is 32.2. The Morgan fingerprint density at radius 3 is 2.31 bits per heavy atom. The fraction of sp³-hybridized carbons (Fsp3) is 0.211. The number of rotatable bonds is 6. The van der Waals surface area contributed by atoms with Crippen molar-refractivity contribution >= 4 is 32.2 Å². The molecule has 0 saturated heterocycles. The molecular weight excluding hydrogens is 366 g/mol. The van der Waals surface area contributed by atoms with E-state index in [2.05, 4.69) is 29.1 Å². The number of nitrogens with zero attached hydrogens (tertiary/aromatic N) is 1. The molecule has 1 atom stereocenters. The summed E-state index contributed by atoms with van der Waals surface area (Å²) in [5, 5.41) is 4.32. The van der Waals surface area contributed by atoms with E-state index < -0.39 is 10.0 Å². The summed E-state index contributed by atoms with van der Waals surface area (Å²) in [6.45, 7) is 4.14. The average Bonchev–Trinajstić information content (AvgIpc) is 2.95. The molecule has 3 rings (SSSR count). The highest BCUT2D eigenvalue weighted by Gasteiger charge is 2.13. The summed E-state index contributed by atoms with van der Waals surface area (Å²) in [6, 6.07) is 17.6. The Hall–Kier alpha value is -2.38. The molecule has 1 aromatic heterocycles. The minimum atomic E-state index is -3.27. The Balaban J connectivity index is 1.78. The number of aryl methyl sites for hydroxylation is 1. The van der Waals surface area contributed by atoms with Crippen molar-refractivity contribution < 1.29 is 8.42 Å². The third-order valence-electron chi connectivity index (χ3n) is 3.90. The molecule has 5 nitrogen and oxygen atoms in total. The molecule has 7 heteroatoms. The summed E-state index contributed by atoms with van der Waals surface area (Å²) >= 11 is 1.61. The summed E-state index contributed by atoms with van der Waals surface area (Å²) in [5.74, 6) is 0. The van der Waals surface area contributed by atoms with Crippen LogP contribution in [-0.2, 0) is 10.0 Å². The fourth-order valence-corrected chi connectivity index (χ4v) is 4.13. The second-order valence-electron chi connectivity index (χ2n) is 6.15. The van der Waals surface area contributed by atoms with E-state index in [1.807, 2.05) is 37.3 Å². The molecule has 2 N–H and O–H groups in total. The Labute approximate surface area is 158 Å². The molecule has 26 heavy (non-hydrogen) atoms. The molecule has 3 aromatic rings. The van der Waals surface area contributed by atoms with Crippen LogP contribution >= 0.6 is 11.3 Å². The lowest BCUT2D eigenvalue weighted by Gasteiger charge is -2.12.